The number of methoxy groups -OCH3 is 1. The predicted octanol–water partition coefficient (Wildman–Crippen LogP) is 2.58. The highest BCUT2D eigenvalue weighted by molar-refractivity contribution is 5.99. The van der Waals surface area contributed by atoms with Crippen LogP contribution in [0, 0.1) is 13.8 Å². The summed E-state index contributed by atoms with van der Waals surface area (Å²) in [6.45, 7) is 4.00. The molecule has 84 valence electrons. The minimum absolute atomic E-state index is 0.283. The van der Waals surface area contributed by atoms with Crippen LogP contribution in [0.2, 0.25) is 0 Å². The van der Waals surface area contributed by atoms with Crippen molar-refractivity contribution in [3.8, 4) is 0 Å². The van der Waals surface area contributed by atoms with Gasteiger partial charge in [-0.15, -0.1) is 0 Å². The molecule has 0 spiro atoms. The number of carbonyl (C=O) groups is 1. The van der Waals surface area contributed by atoms with Crippen LogP contribution >= 0.6 is 0 Å². The summed E-state index contributed by atoms with van der Waals surface area (Å²) in [4.78, 5) is 11.7. The van der Waals surface area contributed by atoms with Gasteiger partial charge < -0.3 is 9.30 Å². The van der Waals surface area contributed by atoms with Gasteiger partial charge in [0.25, 0.3) is 0 Å². The molecule has 0 bridgehead atoms. The molecule has 0 N–H and O–H groups in total. The van der Waals surface area contributed by atoms with Crippen LogP contribution in [0.4, 0.5) is 0 Å². The number of carbonyl (C=O) groups excluding carboxylic acids is 1. The van der Waals surface area contributed by atoms with Crippen molar-refractivity contribution in [2.24, 2.45) is 7.05 Å². The van der Waals surface area contributed by atoms with Gasteiger partial charge in [0.2, 0.25) is 0 Å². The fourth-order valence-electron chi connectivity index (χ4n) is 2.13. The van der Waals surface area contributed by atoms with Crippen LogP contribution in [0.15, 0.2) is 18.2 Å². The van der Waals surface area contributed by atoms with Crippen molar-refractivity contribution >= 4 is 16.9 Å². The van der Waals surface area contributed by atoms with Gasteiger partial charge in [-0.2, -0.15) is 0 Å². The van der Waals surface area contributed by atoms with Crippen molar-refractivity contribution in [1.82, 2.24) is 4.57 Å². The van der Waals surface area contributed by atoms with E-state index < -0.39 is 0 Å². The van der Waals surface area contributed by atoms with E-state index in [4.69, 9.17) is 4.74 Å². The molecule has 1 heterocycles. The molecule has 0 aliphatic rings. The number of fused-ring (bicyclic) bond motifs is 1. The molecular weight excluding hydrogens is 202 g/mol. The summed E-state index contributed by atoms with van der Waals surface area (Å²) in [6, 6.07) is 6.17. The number of aromatic nitrogens is 1. The average Bonchev–Trinajstić information content (AvgIpc) is 2.51. The zero-order valence-electron chi connectivity index (χ0n) is 10.00. The summed E-state index contributed by atoms with van der Waals surface area (Å²) < 4.78 is 6.68. The SMILES string of the molecule is COC(=O)c1c(C)c2cc(C)ccc2n1C. The molecule has 0 saturated heterocycles. The second kappa shape index (κ2) is 3.67. The van der Waals surface area contributed by atoms with Gasteiger partial charge in [-0.25, -0.2) is 4.79 Å². The first kappa shape index (κ1) is 10.7. The Hall–Kier alpha value is -1.77. The fourth-order valence-corrected chi connectivity index (χ4v) is 2.13. The highest BCUT2D eigenvalue weighted by atomic mass is 16.5. The third-order valence-corrected chi connectivity index (χ3v) is 2.99. The van der Waals surface area contributed by atoms with E-state index in [1.54, 1.807) is 0 Å². The predicted molar refractivity (Wildman–Crippen MR) is 63.7 cm³/mol. The van der Waals surface area contributed by atoms with E-state index in [0.29, 0.717) is 5.69 Å². The van der Waals surface area contributed by atoms with Gasteiger partial charge in [-0.05, 0) is 31.5 Å². The Morgan fingerprint density at radius 2 is 2.00 bits per heavy atom. The van der Waals surface area contributed by atoms with Crippen LogP contribution in [0.1, 0.15) is 21.6 Å². The summed E-state index contributed by atoms with van der Waals surface area (Å²) in [7, 11) is 3.29. The van der Waals surface area contributed by atoms with Gasteiger partial charge in [0.1, 0.15) is 5.69 Å². The standard InChI is InChI=1S/C13H15NO2/c1-8-5-6-11-10(7-8)9(2)12(14(11)3)13(15)16-4/h5-7H,1-4H3. The molecule has 1 aromatic carbocycles. The molecule has 0 unspecified atom stereocenters. The largest absolute Gasteiger partial charge is 0.464 e. The Balaban J connectivity index is 2.81. The van der Waals surface area contributed by atoms with Crippen molar-refractivity contribution in [2.45, 2.75) is 13.8 Å². The molecule has 2 aromatic rings. The minimum atomic E-state index is -0.283. The van der Waals surface area contributed by atoms with Crippen LogP contribution in [-0.4, -0.2) is 17.6 Å². The average molecular weight is 217 g/mol. The number of rotatable bonds is 1. The Kier molecular flexibility index (Phi) is 2.46. The molecule has 0 aliphatic carbocycles. The molecule has 3 nitrogen and oxygen atoms in total. The summed E-state index contributed by atoms with van der Waals surface area (Å²) in [5.41, 5.74) is 3.86. The van der Waals surface area contributed by atoms with Crippen molar-refractivity contribution in [3.05, 3.63) is 35.0 Å². The number of hydrogen-bond donors (Lipinski definition) is 0. The molecule has 0 aliphatic heterocycles. The minimum Gasteiger partial charge on any atom is -0.464 e. The molecular formula is C13H15NO2. The fraction of sp³-hybridized carbons (Fsp3) is 0.308. The third kappa shape index (κ3) is 1.40. The summed E-state index contributed by atoms with van der Waals surface area (Å²) >= 11 is 0. The van der Waals surface area contributed by atoms with E-state index in [2.05, 4.69) is 6.07 Å². The van der Waals surface area contributed by atoms with Gasteiger partial charge in [0.15, 0.2) is 0 Å². The van der Waals surface area contributed by atoms with Crippen LogP contribution in [0.3, 0.4) is 0 Å². The Bertz CT molecular complexity index is 567. The Morgan fingerprint density at radius 1 is 1.31 bits per heavy atom. The number of aryl methyl sites for hydroxylation is 3. The molecule has 1 aromatic heterocycles. The lowest BCUT2D eigenvalue weighted by molar-refractivity contribution is 0.0589. The molecule has 0 amide bonds. The van der Waals surface area contributed by atoms with E-state index in [1.807, 2.05) is 37.6 Å². The second-order valence-electron chi connectivity index (χ2n) is 4.04. The maximum Gasteiger partial charge on any atom is 0.354 e. The zero-order chi connectivity index (χ0) is 11.9. The van der Waals surface area contributed by atoms with E-state index in [-0.39, 0.29) is 5.97 Å². The van der Waals surface area contributed by atoms with Crippen molar-refractivity contribution < 1.29 is 9.53 Å². The van der Waals surface area contributed by atoms with Crippen LogP contribution in [0.25, 0.3) is 10.9 Å². The maximum absolute atomic E-state index is 11.7. The van der Waals surface area contributed by atoms with Gasteiger partial charge in [-0.1, -0.05) is 11.6 Å². The number of esters is 1. The zero-order valence-corrected chi connectivity index (χ0v) is 10.00. The van der Waals surface area contributed by atoms with Gasteiger partial charge in [0.05, 0.1) is 7.11 Å². The smallest absolute Gasteiger partial charge is 0.354 e. The highest BCUT2D eigenvalue weighted by Gasteiger charge is 2.18. The molecule has 2 rings (SSSR count). The summed E-state index contributed by atoms with van der Waals surface area (Å²) in [5, 5.41) is 1.11. The van der Waals surface area contributed by atoms with Crippen molar-refractivity contribution in [3.63, 3.8) is 0 Å². The molecule has 0 fully saturated rings. The first-order valence-electron chi connectivity index (χ1n) is 5.20. The van der Waals surface area contributed by atoms with Crippen molar-refractivity contribution in [2.75, 3.05) is 7.11 Å². The lowest BCUT2D eigenvalue weighted by Crippen LogP contribution is -2.08. The highest BCUT2D eigenvalue weighted by Crippen LogP contribution is 2.25. The van der Waals surface area contributed by atoms with Gasteiger partial charge in [0, 0.05) is 18.0 Å². The molecule has 0 atom stereocenters. The van der Waals surface area contributed by atoms with Gasteiger partial charge in [-0.3, -0.25) is 0 Å². The monoisotopic (exact) mass is 217 g/mol. The first-order chi connectivity index (χ1) is 7.56. The second-order valence-corrected chi connectivity index (χ2v) is 4.04. The number of nitrogens with zero attached hydrogens (tertiary/aromatic N) is 1. The topological polar surface area (TPSA) is 31.2 Å². The Morgan fingerprint density at radius 3 is 2.62 bits per heavy atom. The third-order valence-electron chi connectivity index (χ3n) is 2.99. The van der Waals surface area contributed by atoms with E-state index >= 15 is 0 Å². The maximum atomic E-state index is 11.7. The first-order valence-corrected chi connectivity index (χ1v) is 5.20. The summed E-state index contributed by atoms with van der Waals surface area (Å²) in [6.07, 6.45) is 0. The van der Waals surface area contributed by atoms with E-state index in [9.17, 15) is 4.79 Å². The van der Waals surface area contributed by atoms with E-state index in [1.165, 1.54) is 12.7 Å². The normalized spacial score (nSPS) is 10.8. The number of hydrogen-bond acceptors (Lipinski definition) is 2. The van der Waals surface area contributed by atoms with Crippen molar-refractivity contribution in [1.29, 1.82) is 0 Å². The number of ether oxygens (including phenoxy) is 1. The van der Waals surface area contributed by atoms with Crippen LogP contribution in [0.5, 0.6) is 0 Å². The summed E-state index contributed by atoms with van der Waals surface area (Å²) in [5.74, 6) is -0.283. The lowest BCUT2D eigenvalue weighted by atomic mass is 10.1. The molecule has 0 saturated carbocycles. The Labute approximate surface area is 94.6 Å². The molecule has 0 radical (unpaired) electrons. The number of benzene rings is 1. The lowest BCUT2D eigenvalue weighted by Gasteiger charge is -2.02. The van der Waals surface area contributed by atoms with Gasteiger partial charge >= 0.3 is 5.97 Å². The van der Waals surface area contributed by atoms with Crippen LogP contribution in [-0.2, 0) is 11.8 Å². The quantitative estimate of drug-likeness (QED) is 0.687. The molecule has 16 heavy (non-hydrogen) atoms. The van der Waals surface area contributed by atoms with Crippen LogP contribution < -0.4 is 0 Å². The molecule has 3 heteroatoms. The van der Waals surface area contributed by atoms with E-state index in [0.717, 1.165) is 16.5 Å².